The number of hydrogen-bond acceptors (Lipinski definition) is 5. The number of amides is 1. The predicted molar refractivity (Wildman–Crippen MR) is 72.8 cm³/mol. The van der Waals surface area contributed by atoms with Crippen molar-refractivity contribution in [3.8, 4) is 6.07 Å². The Balaban J connectivity index is 2.21. The molecule has 1 aromatic heterocycles. The van der Waals surface area contributed by atoms with E-state index in [-0.39, 0.29) is 17.2 Å². The summed E-state index contributed by atoms with van der Waals surface area (Å²) in [6.45, 7) is 7.31. The van der Waals surface area contributed by atoms with Crippen molar-refractivity contribution < 1.29 is 4.79 Å². The molecule has 19 heavy (non-hydrogen) atoms. The second-order valence-electron chi connectivity index (χ2n) is 5.92. The zero-order chi connectivity index (χ0) is 14.0. The zero-order valence-corrected chi connectivity index (χ0v) is 12.3. The lowest BCUT2D eigenvalue weighted by molar-refractivity contribution is 0.0701. The van der Waals surface area contributed by atoms with Crippen LogP contribution < -0.4 is 0 Å². The van der Waals surface area contributed by atoms with E-state index in [1.54, 1.807) is 4.90 Å². The fourth-order valence-electron chi connectivity index (χ4n) is 2.23. The van der Waals surface area contributed by atoms with Gasteiger partial charge >= 0.3 is 0 Å². The lowest BCUT2D eigenvalue weighted by Gasteiger charge is -2.29. The number of aromatic nitrogens is 2. The Kier molecular flexibility index (Phi) is 3.85. The van der Waals surface area contributed by atoms with Crippen LogP contribution in [0.2, 0.25) is 0 Å². The van der Waals surface area contributed by atoms with Gasteiger partial charge in [0.25, 0.3) is 5.91 Å². The van der Waals surface area contributed by atoms with E-state index in [0.717, 1.165) is 36.6 Å². The maximum atomic E-state index is 12.5. The Hall–Kier alpha value is -1.48. The molecule has 0 aliphatic carbocycles. The minimum absolute atomic E-state index is 0.0279. The molecule has 0 bridgehead atoms. The largest absolute Gasteiger partial charge is 0.337 e. The van der Waals surface area contributed by atoms with Crippen molar-refractivity contribution in [2.24, 2.45) is 5.92 Å². The number of carbonyl (C=O) groups excluding carboxylic acids is 1. The second kappa shape index (κ2) is 5.25. The molecule has 1 amide bonds. The fourth-order valence-corrected chi connectivity index (χ4v) is 3.08. The Morgan fingerprint density at radius 1 is 1.53 bits per heavy atom. The first-order valence-electron chi connectivity index (χ1n) is 6.45. The standard InChI is InChI=1S/C13H18N4OS/c1-13(2,3)11-10(19-16-15-11)12(18)17-6-4-5-9(7-14)8-17/h9H,4-6,8H2,1-3H3. The topological polar surface area (TPSA) is 69.9 Å². The molecule has 1 unspecified atom stereocenters. The molecule has 102 valence electrons. The van der Waals surface area contributed by atoms with E-state index in [4.69, 9.17) is 5.26 Å². The van der Waals surface area contributed by atoms with E-state index >= 15 is 0 Å². The maximum Gasteiger partial charge on any atom is 0.267 e. The first-order chi connectivity index (χ1) is 8.93. The molecule has 1 aliphatic rings. The first kappa shape index (κ1) is 13.9. The highest BCUT2D eigenvalue weighted by Gasteiger charge is 2.31. The van der Waals surface area contributed by atoms with E-state index in [1.165, 1.54) is 0 Å². The molecule has 1 fully saturated rings. The van der Waals surface area contributed by atoms with Crippen molar-refractivity contribution in [2.75, 3.05) is 13.1 Å². The number of likely N-dealkylation sites (tertiary alicyclic amines) is 1. The molecule has 0 saturated carbocycles. The van der Waals surface area contributed by atoms with Crippen LogP contribution in [0, 0.1) is 17.2 Å². The average molecular weight is 278 g/mol. The molecular weight excluding hydrogens is 260 g/mol. The molecule has 1 aliphatic heterocycles. The quantitative estimate of drug-likeness (QED) is 0.789. The van der Waals surface area contributed by atoms with Gasteiger partial charge in [-0.15, -0.1) is 5.10 Å². The van der Waals surface area contributed by atoms with E-state index in [1.807, 2.05) is 20.8 Å². The van der Waals surface area contributed by atoms with Crippen LogP contribution in [0.25, 0.3) is 0 Å². The fraction of sp³-hybridized carbons (Fsp3) is 0.692. The lowest BCUT2D eigenvalue weighted by Crippen LogP contribution is -2.40. The van der Waals surface area contributed by atoms with E-state index in [9.17, 15) is 4.79 Å². The van der Waals surface area contributed by atoms with E-state index < -0.39 is 0 Å². The molecule has 6 heteroatoms. The maximum absolute atomic E-state index is 12.5. The Bertz CT molecular complexity index is 511. The minimum Gasteiger partial charge on any atom is -0.337 e. The second-order valence-corrected chi connectivity index (χ2v) is 6.67. The number of rotatable bonds is 1. The van der Waals surface area contributed by atoms with Crippen LogP contribution in [0.5, 0.6) is 0 Å². The molecule has 5 nitrogen and oxygen atoms in total. The lowest BCUT2D eigenvalue weighted by atomic mass is 9.91. The van der Waals surface area contributed by atoms with E-state index in [0.29, 0.717) is 11.4 Å². The summed E-state index contributed by atoms with van der Waals surface area (Å²) in [5.41, 5.74) is 0.559. The molecule has 1 atom stereocenters. The first-order valence-corrected chi connectivity index (χ1v) is 7.22. The monoisotopic (exact) mass is 278 g/mol. The Morgan fingerprint density at radius 3 is 2.89 bits per heavy atom. The van der Waals surface area contributed by atoms with Gasteiger partial charge in [-0.1, -0.05) is 25.3 Å². The van der Waals surface area contributed by atoms with E-state index in [2.05, 4.69) is 15.7 Å². The molecule has 0 spiro atoms. The Morgan fingerprint density at radius 2 is 2.26 bits per heavy atom. The number of carbonyl (C=O) groups is 1. The van der Waals surface area contributed by atoms with Crippen LogP contribution in [0.3, 0.4) is 0 Å². The van der Waals surface area contributed by atoms with Crippen LogP contribution >= 0.6 is 11.5 Å². The minimum atomic E-state index is -0.192. The average Bonchev–Trinajstić information content (AvgIpc) is 2.87. The summed E-state index contributed by atoms with van der Waals surface area (Å²) in [7, 11) is 0. The highest BCUT2D eigenvalue weighted by molar-refractivity contribution is 7.08. The van der Waals surface area contributed by atoms with Gasteiger partial charge in [-0.25, -0.2) is 0 Å². The summed E-state index contributed by atoms with van der Waals surface area (Å²) < 4.78 is 3.92. The van der Waals surface area contributed by atoms with Gasteiger partial charge < -0.3 is 4.90 Å². The molecule has 0 radical (unpaired) electrons. The number of piperidine rings is 1. The van der Waals surface area contributed by atoms with Crippen LogP contribution in [-0.2, 0) is 5.41 Å². The molecule has 0 N–H and O–H groups in total. The molecular formula is C13H18N4OS. The summed E-state index contributed by atoms with van der Waals surface area (Å²) >= 11 is 1.15. The summed E-state index contributed by atoms with van der Waals surface area (Å²) in [5, 5.41) is 13.1. The van der Waals surface area contributed by atoms with Crippen molar-refractivity contribution >= 4 is 17.4 Å². The van der Waals surface area contributed by atoms with Crippen LogP contribution in [0.4, 0.5) is 0 Å². The van der Waals surface area contributed by atoms with Gasteiger partial charge in [0.05, 0.1) is 17.7 Å². The third-order valence-electron chi connectivity index (χ3n) is 3.28. The smallest absolute Gasteiger partial charge is 0.267 e. The molecule has 1 aromatic rings. The SMILES string of the molecule is CC(C)(C)c1nnsc1C(=O)N1CCCC(C#N)C1. The van der Waals surface area contributed by atoms with Crippen LogP contribution in [0.1, 0.15) is 49.0 Å². The highest BCUT2D eigenvalue weighted by atomic mass is 32.1. The van der Waals surface area contributed by atoms with Crippen molar-refractivity contribution in [1.82, 2.24) is 14.5 Å². The highest BCUT2D eigenvalue weighted by Crippen LogP contribution is 2.28. The van der Waals surface area contributed by atoms with Crippen molar-refractivity contribution in [3.05, 3.63) is 10.6 Å². The van der Waals surface area contributed by atoms with Crippen LogP contribution in [-0.4, -0.2) is 33.5 Å². The van der Waals surface area contributed by atoms with Gasteiger partial charge in [0, 0.05) is 18.5 Å². The summed E-state index contributed by atoms with van der Waals surface area (Å²) in [4.78, 5) is 14.9. The third kappa shape index (κ3) is 2.92. The van der Waals surface area contributed by atoms with Gasteiger partial charge in [0.2, 0.25) is 0 Å². The van der Waals surface area contributed by atoms with Gasteiger partial charge in [-0.05, 0) is 24.4 Å². The molecule has 0 aromatic carbocycles. The van der Waals surface area contributed by atoms with Gasteiger partial charge in [0.1, 0.15) is 4.88 Å². The molecule has 2 rings (SSSR count). The number of nitrogens with zero attached hydrogens (tertiary/aromatic N) is 4. The summed E-state index contributed by atoms with van der Waals surface area (Å²) in [6, 6.07) is 2.26. The summed E-state index contributed by atoms with van der Waals surface area (Å²) in [5.74, 6) is -0.0726. The number of nitriles is 1. The van der Waals surface area contributed by atoms with Gasteiger partial charge in [-0.3, -0.25) is 4.79 Å². The van der Waals surface area contributed by atoms with Crippen molar-refractivity contribution in [3.63, 3.8) is 0 Å². The van der Waals surface area contributed by atoms with Crippen molar-refractivity contribution in [1.29, 1.82) is 5.26 Å². The van der Waals surface area contributed by atoms with Gasteiger partial charge in [-0.2, -0.15) is 5.26 Å². The zero-order valence-electron chi connectivity index (χ0n) is 11.5. The molecule has 1 saturated heterocycles. The summed E-state index contributed by atoms with van der Waals surface area (Å²) in [6.07, 6.45) is 1.77. The third-order valence-corrected chi connectivity index (χ3v) is 4.00. The Labute approximate surface area is 117 Å². The predicted octanol–water partition coefficient (Wildman–Crippen LogP) is 2.21. The van der Waals surface area contributed by atoms with Gasteiger partial charge in [0.15, 0.2) is 0 Å². The normalized spacial score (nSPS) is 20.1. The number of hydrogen-bond donors (Lipinski definition) is 0. The van der Waals surface area contributed by atoms with Crippen molar-refractivity contribution in [2.45, 2.75) is 39.0 Å². The molecule has 2 heterocycles. The van der Waals surface area contributed by atoms with Crippen LogP contribution in [0.15, 0.2) is 0 Å².